The molecule has 0 amide bonds. The minimum atomic E-state index is -0.0147. The van der Waals surface area contributed by atoms with Gasteiger partial charge < -0.3 is 4.90 Å². The van der Waals surface area contributed by atoms with Crippen molar-refractivity contribution in [3.8, 4) is 0 Å². The molecule has 1 saturated heterocycles. The van der Waals surface area contributed by atoms with Gasteiger partial charge in [0.15, 0.2) is 0 Å². The van der Waals surface area contributed by atoms with Crippen molar-refractivity contribution in [1.82, 2.24) is 0 Å². The Balaban J connectivity index is 2.10. The predicted molar refractivity (Wildman–Crippen MR) is 55.0 cm³/mol. The van der Waals surface area contributed by atoms with Gasteiger partial charge in [0.1, 0.15) is 5.82 Å². The Morgan fingerprint density at radius 3 is 3.21 bits per heavy atom. The molecule has 14 heavy (non-hydrogen) atoms. The van der Waals surface area contributed by atoms with Crippen molar-refractivity contribution in [2.24, 2.45) is 5.92 Å². The van der Waals surface area contributed by atoms with Crippen LogP contribution < -0.4 is 4.90 Å². The van der Waals surface area contributed by atoms with Gasteiger partial charge in [0, 0.05) is 24.3 Å². The van der Waals surface area contributed by atoms with E-state index in [2.05, 4.69) is 11.0 Å². The van der Waals surface area contributed by atoms with Crippen LogP contribution in [-0.2, 0) is 6.42 Å². The quantitative estimate of drug-likeness (QED) is 0.609. The van der Waals surface area contributed by atoms with Gasteiger partial charge in [0.05, 0.1) is 0 Å². The van der Waals surface area contributed by atoms with Gasteiger partial charge >= 0.3 is 0 Å². The minimum Gasteiger partial charge on any atom is -0.371 e. The molecule has 0 saturated carbocycles. The minimum absolute atomic E-state index is 0.0147. The lowest BCUT2D eigenvalue weighted by atomic mass is 9.86. The van der Waals surface area contributed by atoms with Crippen LogP contribution in [0.25, 0.3) is 0 Å². The third-order valence-electron chi connectivity index (χ3n) is 3.45. The van der Waals surface area contributed by atoms with Crippen LogP contribution in [-0.4, -0.2) is 13.1 Å². The third kappa shape index (κ3) is 1.13. The number of hydrogen-bond donors (Lipinski definition) is 0. The second kappa shape index (κ2) is 2.97. The molecule has 2 heteroatoms. The number of piperidine rings is 1. The molecule has 2 aliphatic heterocycles. The lowest BCUT2D eigenvalue weighted by Crippen LogP contribution is -2.40. The molecule has 2 heterocycles. The zero-order valence-corrected chi connectivity index (χ0v) is 8.17. The molecular formula is C12H14FN. The standard InChI is InChI=1S/C12H14FN/c13-11-4-1-5-12-10(11)7-9-3-2-6-14(12)8-9/h1,4-5,9H,2-3,6-8H2. The Morgan fingerprint density at radius 2 is 2.29 bits per heavy atom. The molecule has 3 rings (SSSR count). The maximum Gasteiger partial charge on any atom is 0.128 e. The number of benzene rings is 1. The molecule has 1 atom stereocenters. The zero-order chi connectivity index (χ0) is 9.54. The summed E-state index contributed by atoms with van der Waals surface area (Å²) in [5, 5.41) is 0. The summed E-state index contributed by atoms with van der Waals surface area (Å²) in [5.41, 5.74) is 2.09. The van der Waals surface area contributed by atoms with E-state index >= 15 is 0 Å². The van der Waals surface area contributed by atoms with Gasteiger partial charge in [-0.3, -0.25) is 0 Å². The van der Waals surface area contributed by atoms with Gasteiger partial charge in [-0.05, 0) is 37.3 Å². The van der Waals surface area contributed by atoms with Crippen LogP contribution in [0, 0.1) is 11.7 Å². The van der Waals surface area contributed by atoms with Crippen LogP contribution in [0.2, 0.25) is 0 Å². The van der Waals surface area contributed by atoms with Gasteiger partial charge in [-0.15, -0.1) is 0 Å². The van der Waals surface area contributed by atoms with Crippen LogP contribution in [0.15, 0.2) is 18.2 Å². The van der Waals surface area contributed by atoms with Crippen LogP contribution in [0.5, 0.6) is 0 Å². The second-order valence-electron chi connectivity index (χ2n) is 4.40. The first-order valence-corrected chi connectivity index (χ1v) is 5.37. The highest BCUT2D eigenvalue weighted by atomic mass is 19.1. The van der Waals surface area contributed by atoms with Crippen molar-refractivity contribution in [2.75, 3.05) is 18.0 Å². The molecule has 0 radical (unpaired) electrons. The Bertz CT molecular complexity index is 361. The molecule has 0 N–H and O–H groups in total. The average Bonchev–Trinajstić information content (AvgIpc) is 2.20. The fourth-order valence-corrected chi connectivity index (χ4v) is 2.78. The summed E-state index contributed by atoms with van der Waals surface area (Å²) in [6, 6.07) is 5.46. The third-order valence-corrected chi connectivity index (χ3v) is 3.45. The molecule has 1 aromatic carbocycles. The summed E-state index contributed by atoms with van der Waals surface area (Å²) >= 11 is 0. The summed E-state index contributed by atoms with van der Waals surface area (Å²) in [6.45, 7) is 2.24. The van der Waals surface area contributed by atoms with Gasteiger partial charge in [-0.25, -0.2) is 4.39 Å². The maximum absolute atomic E-state index is 13.6. The predicted octanol–water partition coefficient (Wildman–Crippen LogP) is 2.60. The molecule has 1 aromatic rings. The molecule has 2 aliphatic rings. The Labute approximate surface area is 83.5 Å². The fourth-order valence-electron chi connectivity index (χ4n) is 2.78. The number of anilines is 1. The molecule has 1 fully saturated rings. The first kappa shape index (κ1) is 8.27. The Kier molecular flexibility index (Phi) is 1.76. The van der Waals surface area contributed by atoms with Crippen molar-refractivity contribution >= 4 is 5.69 Å². The summed E-state index contributed by atoms with van der Waals surface area (Å²) in [6.07, 6.45) is 3.48. The lowest BCUT2D eigenvalue weighted by Gasteiger charge is -2.40. The highest BCUT2D eigenvalue weighted by Gasteiger charge is 2.29. The Morgan fingerprint density at radius 1 is 1.36 bits per heavy atom. The van der Waals surface area contributed by atoms with Crippen molar-refractivity contribution in [3.05, 3.63) is 29.6 Å². The summed E-state index contributed by atoms with van der Waals surface area (Å²) in [4.78, 5) is 2.34. The van der Waals surface area contributed by atoms with Crippen molar-refractivity contribution in [2.45, 2.75) is 19.3 Å². The van der Waals surface area contributed by atoms with Crippen molar-refractivity contribution < 1.29 is 4.39 Å². The summed E-state index contributed by atoms with van der Waals surface area (Å²) in [5.74, 6) is 0.673. The van der Waals surface area contributed by atoms with E-state index < -0.39 is 0 Å². The molecule has 74 valence electrons. The van der Waals surface area contributed by atoms with Crippen molar-refractivity contribution in [3.63, 3.8) is 0 Å². The van der Waals surface area contributed by atoms with E-state index in [-0.39, 0.29) is 5.82 Å². The van der Waals surface area contributed by atoms with E-state index in [4.69, 9.17) is 0 Å². The fraction of sp³-hybridized carbons (Fsp3) is 0.500. The number of fused-ring (bicyclic) bond motifs is 4. The molecule has 0 spiro atoms. The van der Waals surface area contributed by atoms with Gasteiger partial charge in [0.25, 0.3) is 0 Å². The van der Waals surface area contributed by atoms with E-state index in [1.165, 1.54) is 12.8 Å². The van der Waals surface area contributed by atoms with Crippen molar-refractivity contribution in [1.29, 1.82) is 0 Å². The Hall–Kier alpha value is -1.05. The van der Waals surface area contributed by atoms with Gasteiger partial charge in [-0.2, -0.15) is 0 Å². The van der Waals surface area contributed by atoms with Gasteiger partial charge in [0.2, 0.25) is 0 Å². The number of hydrogen-bond acceptors (Lipinski definition) is 1. The SMILES string of the molecule is Fc1cccc2c1CC1CCCN2C1. The average molecular weight is 191 g/mol. The van der Waals surface area contributed by atoms with Gasteiger partial charge in [-0.1, -0.05) is 6.07 Å². The first-order chi connectivity index (χ1) is 6.84. The maximum atomic E-state index is 13.6. The highest BCUT2D eigenvalue weighted by molar-refractivity contribution is 5.56. The van der Waals surface area contributed by atoms with E-state index in [1.807, 2.05) is 6.07 Å². The smallest absolute Gasteiger partial charge is 0.128 e. The molecular weight excluding hydrogens is 177 g/mol. The molecule has 2 bridgehead atoms. The van der Waals surface area contributed by atoms with E-state index in [0.717, 1.165) is 30.8 Å². The molecule has 0 aliphatic carbocycles. The summed E-state index contributed by atoms with van der Waals surface area (Å²) < 4.78 is 13.6. The largest absolute Gasteiger partial charge is 0.371 e. The van der Waals surface area contributed by atoms with Crippen LogP contribution in [0.1, 0.15) is 18.4 Å². The number of halogens is 1. The van der Waals surface area contributed by atoms with E-state index in [0.29, 0.717) is 5.92 Å². The summed E-state index contributed by atoms with van der Waals surface area (Å²) in [7, 11) is 0. The van der Waals surface area contributed by atoms with E-state index in [9.17, 15) is 4.39 Å². The first-order valence-electron chi connectivity index (χ1n) is 5.37. The topological polar surface area (TPSA) is 3.24 Å². The number of rotatable bonds is 0. The molecule has 1 nitrogen and oxygen atoms in total. The van der Waals surface area contributed by atoms with Crippen LogP contribution >= 0.6 is 0 Å². The highest BCUT2D eigenvalue weighted by Crippen LogP contribution is 2.35. The normalized spacial score (nSPS) is 24.6. The zero-order valence-electron chi connectivity index (χ0n) is 8.17. The van der Waals surface area contributed by atoms with Crippen LogP contribution in [0.3, 0.4) is 0 Å². The number of nitrogens with zero attached hydrogens (tertiary/aromatic N) is 1. The molecule has 1 unspecified atom stereocenters. The van der Waals surface area contributed by atoms with E-state index in [1.54, 1.807) is 6.07 Å². The molecule has 0 aromatic heterocycles. The van der Waals surface area contributed by atoms with Crippen LogP contribution in [0.4, 0.5) is 10.1 Å². The monoisotopic (exact) mass is 191 g/mol. The second-order valence-corrected chi connectivity index (χ2v) is 4.40. The lowest BCUT2D eigenvalue weighted by molar-refractivity contribution is 0.388.